The normalized spacial score (nSPS) is 10.9. The van der Waals surface area contributed by atoms with Crippen molar-refractivity contribution in [3.05, 3.63) is 71.8 Å². The number of carbonyl (C=O) groups is 1. The summed E-state index contributed by atoms with van der Waals surface area (Å²) in [7, 11) is 0. The van der Waals surface area contributed by atoms with Crippen LogP contribution in [0.1, 0.15) is 24.1 Å². The van der Waals surface area contributed by atoms with Crippen LogP contribution in [0.25, 0.3) is 0 Å². The van der Waals surface area contributed by atoms with E-state index in [0.717, 1.165) is 11.1 Å². The van der Waals surface area contributed by atoms with E-state index >= 15 is 0 Å². The minimum Gasteiger partial charge on any atom is -0.332 e. The van der Waals surface area contributed by atoms with Crippen LogP contribution in [0.15, 0.2) is 60.7 Å². The van der Waals surface area contributed by atoms with Crippen LogP contribution >= 0.6 is 0 Å². The number of hydrogen-bond donors (Lipinski definition) is 2. The first-order chi connectivity index (χ1) is 10.3. The molecule has 0 bridgehead atoms. The molecule has 2 N–H and O–H groups in total. The Hall–Kier alpha value is -2.73. The van der Waals surface area contributed by atoms with Gasteiger partial charge in [-0.15, -0.1) is 0 Å². The monoisotopic (exact) mass is 278 g/mol. The first-order valence-electron chi connectivity index (χ1n) is 6.89. The van der Waals surface area contributed by atoms with Crippen molar-refractivity contribution in [2.75, 3.05) is 6.54 Å². The SMILES string of the molecule is C[C@@H](NC(=O)NCC#Cc1ccccc1)c1ccccc1. The third-order valence-corrected chi connectivity index (χ3v) is 2.99. The second kappa shape index (κ2) is 7.76. The highest BCUT2D eigenvalue weighted by Gasteiger charge is 2.07. The largest absolute Gasteiger partial charge is 0.332 e. The molecule has 0 aliphatic heterocycles. The molecule has 0 spiro atoms. The number of urea groups is 1. The van der Waals surface area contributed by atoms with Crippen molar-refractivity contribution < 1.29 is 4.79 Å². The van der Waals surface area contributed by atoms with E-state index < -0.39 is 0 Å². The van der Waals surface area contributed by atoms with Crippen LogP contribution in [0.3, 0.4) is 0 Å². The average molecular weight is 278 g/mol. The first kappa shape index (κ1) is 14.7. The summed E-state index contributed by atoms with van der Waals surface area (Å²) in [4.78, 5) is 11.7. The maximum atomic E-state index is 11.7. The van der Waals surface area contributed by atoms with Crippen molar-refractivity contribution in [1.82, 2.24) is 10.6 Å². The van der Waals surface area contributed by atoms with Gasteiger partial charge in [0.05, 0.1) is 12.6 Å². The molecule has 2 amide bonds. The second-order valence-electron chi connectivity index (χ2n) is 4.63. The number of hydrogen-bond acceptors (Lipinski definition) is 1. The van der Waals surface area contributed by atoms with Crippen LogP contribution in [-0.2, 0) is 0 Å². The topological polar surface area (TPSA) is 41.1 Å². The number of carbonyl (C=O) groups excluding carboxylic acids is 1. The average Bonchev–Trinajstić information content (AvgIpc) is 2.53. The fourth-order valence-corrected chi connectivity index (χ4v) is 1.86. The molecule has 0 aliphatic carbocycles. The van der Waals surface area contributed by atoms with Gasteiger partial charge in [0.1, 0.15) is 0 Å². The lowest BCUT2D eigenvalue weighted by molar-refractivity contribution is 0.239. The van der Waals surface area contributed by atoms with Gasteiger partial charge in [0.2, 0.25) is 0 Å². The molecule has 2 rings (SSSR count). The van der Waals surface area contributed by atoms with E-state index in [-0.39, 0.29) is 12.1 Å². The predicted molar refractivity (Wildman–Crippen MR) is 84.7 cm³/mol. The quantitative estimate of drug-likeness (QED) is 0.832. The van der Waals surface area contributed by atoms with Crippen molar-refractivity contribution in [2.24, 2.45) is 0 Å². The Bertz CT molecular complexity index is 627. The molecule has 1 atom stereocenters. The zero-order chi connectivity index (χ0) is 14.9. The van der Waals surface area contributed by atoms with Crippen LogP contribution in [0, 0.1) is 11.8 Å². The summed E-state index contributed by atoms with van der Waals surface area (Å²) in [5.41, 5.74) is 2.01. The summed E-state index contributed by atoms with van der Waals surface area (Å²) in [5, 5.41) is 5.61. The summed E-state index contributed by atoms with van der Waals surface area (Å²) in [5.74, 6) is 5.92. The molecule has 21 heavy (non-hydrogen) atoms. The summed E-state index contributed by atoms with van der Waals surface area (Å²) in [6.07, 6.45) is 0. The Morgan fingerprint density at radius 1 is 1.05 bits per heavy atom. The highest BCUT2D eigenvalue weighted by molar-refractivity contribution is 5.74. The molecule has 0 heterocycles. The summed E-state index contributed by atoms with van der Waals surface area (Å²) in [6.45, 7) is 2.27. The van der Waals surface area contributed by atoms with Gasteiger partial charge in [-0.1, -0.05) is 60.4 Å². The van der Waals surface area contributed by atoms with Gasteiger partial charge in [-0.2, -0.15) is 0 Å². The Balaban J connectivity index is 1.77. The molecule has 0 unspecified atom stereocenters. The standard InChI is InChI=1S/C18H18N2O/c1-15(17-12-6-3-7-13-17)20-18(21)19-14-8-11-16-9-4-2-5-10-16/h2-7,9-10,12-13,15H,14H2,1H3,(H2,19,20,21)/t15-/m1/s1. The zero-order valence-corrected chi connectivity index (χ0v) is 12.0. The number of benzene rings is 2. The lowest BCUT2D eigenvalue weighted by Crippen LogP contribution is -2.37. The van der Waals surface area contributed by atoms with Gasteiger partial charge in [-0.3, -0.25) is 0 Å². The second-order valence-corrected chi connectivity index (χ2v) is 4.63. The molecule has 2 aromatic carbocycles. The van der Waals surface area contributed by atoms with E-state index in [9.17, 15) is 4.79 Å². The maximum absolute atomic E-state index is 11.7. The molecular formula is C18H18N2O. The lowest BCUT2D eigenvalue weighted by atomic mass is 10.1. The van der Waals surface area contributed by atoms with E-state index in [2.05, 4.69) is 22.5 Å². The molecular weight excluding hydrogens is 260 g/mol. The Morgan fingerprint density at radius 3 is 2.33 bits per heavy atom. The Labute approximate surface area is 125 Å². The van der Waals surface area contributed by atoms with Crippen molar-refractivity contribution in [3.63, 3.8) is 0 Å². The van der Waals surface area contributed by atoms with Crippen molar-refractivity contribution in [3.8, 4) is 11.8 Å². The Morgan fingerprint density at radius 2 is 1.67 bits per heavy atom. The van der Waals surface area contributed by atoms with Crippen molar-refractivity contribution >= 4 is 6.03 Å². The van der Waals surface area contributed by atoms with Gasteiger partial charge in [0.25, 0.3) is 0 Å². The van der Waals surface area contributed by atoms with Crippen LogP contribution in [0.4, 0.5) is 4.79 Å². The van der Waals surface area contributed by atoms with E-state index in [1.54, 1.807) is 0 Å². The van der Waals surface area contributed by atoms with Gasteiger partial charge >= 0.3 is 6.03 Å². The maximum Gasteiger partial charge on any atom is 0.316 e. The predicted octanol–water partition coefficient (Wildman–Crippen LogP) is 3.10. The Kier molecular flexibility index (Phi) is 5.42. The molecule has 3 nitrogen and oxygen atoms in total. The van der Waals surface area contributed by atoms with Crippen LogP contribution in [0.5, 0.6) is 0 Å². The molecule has 0 saturated heterocycles. The van der Waals surface area contributed by atoms with Gasteiger partial charge in [0.15, 0.2) is 0 Å². The van der Waals surface area contributed by atoms with Gasteiger partial charge < -0.3 is 10.6 Å². The van der Waals surface area contributed by atoms with Gasteiger partial charge in [-0.05, 0) is 24.6 Å². The molecule has 3 heteroatoms. The van der Waals surface area contributed by atoms with Gasteiger partial charge in [0, 0.05) is 5.56 Å². The summed E-state index contributed by atoms with van der Waals surface area (Å²) in [6, 6.07) is 19.3. The minimum absolute atomic E-state index is 0.0340. The number of amides is 2. The zero-order valence-electron chi connectivity index (χ0n) is 12.0. The molecule has 106 valence electrons. The molecule has 0 aromatic heterocycles. The smallest absolute Gasteiger partial charge is 0.316 e. The van der Waals surface area contributed by atoms with E-state index in [0.29, 0.717) is 6.54 Å². The third kappa shape index (κ3) is 5.04. The van der Waals surface area contributed by atoms with Crippen molar-refractivity contribution in [2.45, 2.75) is 13.0 Å². The summed E-state index contributed by atoms with van der Waals surface area (Å²) >= 11 is 0. The highest BCUT2D eigenvalue weighted by atomic mass is 16.2. The lowest BCUT2D eigenvalue weighted by Gasteiger charge is -2.14. The molecule has 0 fully saturated rings. The molecule has 0 aliphatic rings. The highest BCUT2D eigenvalue weighted by Crippen LogP contribution is 2.10. The van der Waals surface area contributed by atoms with Gasteiger partial charge in [-0.25, -0.2) is 4.79 Å². The molecule has 0 radical (unpaired) electrons. The molecule has 2 aromatic rings. The number of rotatable bonds is 3. The van der Waals surface area contributed by atoms with E-state index in [1.807, 2.05) is 67.6 Å². The fourth-order valence-electron chi connectivity index (χ4n) is 1.86. The van der Waals surface area contributed by atoms with Crippen LogP contribution < -0.4 is 10.6 Å². The van der Waals surface area contributed by atoms with Crippen LogP contribution in [0.2, 0.25) is 0 Å². The first-order valence-corrected chi connectivity index (χ1v) is 6.89. The van der Waals surface area contributed by atoms with Crippen molar-refractivity contribution in [1.29, 1.82) is 0 Å². The number of nitrogens with one attached hydrogen (secondary N) is 2. The summed E-state index contributed by atoms with van der Waals surface area (Å²) < 4.78 is 0. The minimum atomic E-state index is -0.214. The third-order valence-electron chi connectivity index (χ3n) is 2.99. The van der Waals surface area contributed by atoms with Crippen LogP contribution in [-0.4, -0.2) is 12.6 Å². The molecule has 0 saturated carbocycles. The van der Waals surface area contributed by atoms with E-state index in [4.69, 9.17) is 0 Å². The fraction of sp³-hybridized carbons (Fsp3) is 0.167. The van der Waals surface area contributed by atoms with E-state index in [1.165, 1.54) is 0 Å².